The van der Waals surface area contributed by atoms with Gasteiger partial charge in [0.2, 0.25) is 5.91 Å². The molecule has 1 atom stereocenters. The third kappa shape index (κ3) is 4.62. The first-order valence-electron chi connectivity index (χ1n) is 7.74. The number of amides is 1. The number of hydrogen-bond acceptors (Lipinski definition) is 2. The molecule has 0 aliphatic carbocycles. The van der Waals surface area contributed by atoms with Gasteiger partial charge in [-0.3, -0.25) is 4.79 Å². The minimum atomic E-state index is -0.270. The Hall–Kier alpha value is -2.29. The Kier molecular flexibility index (Phi) is 5.59. The van der Waals surface area contributed by atoms with E-state index in [0.717, 1.165) is 11.3 Å². The molecule has 0 aliphatic rings. The quantitative estimate of drug-likeness (QED) is 0.848. The Bertz CT molecular complexity index is 591. The molecule has 2 N–H and O–H groups in total. The van der Waals surface area contributed by atoms with Crippen LogP contribution in [0, 0.1) is 0 Å². The molecule has 2 aromatic carbocycles. The Balaban J connectivity index is 1.85. The van der Waals surface area contributed by atoms with Gasteiger partial charge in [0.05, 0.1) is 0 Å². The third-order valence-electron chi connectivity index (χ3n) is 3.66. The van der Waals surface area contributed by atoms with E-state index in [1.165, 1.54) is 5.56 Å². The minimum Gasteiger partial charge on any atom is -0.374 e. The van der Waals surface area contributed by atoms with E-state index in [2.05, 4.69) is 36.6 Å². The lowest BCUT2D eigenvalue weighted by molar-refractivity contribution is -0.121. The number of rotatable bonds is 6. The van der Waals surface area contributed by atoms with Gasteiger partial charge in [0, 0.05) is 12.2 Å². The zero-order valence-corrected chi connectivity index (χ0v) is 13.5. The first kappa shape index (κ1) is 16.1. The highest BCUT2D eigenvalue weighted by molar-refractivity contribution is 5.84. The van der Waals surface area contributed by atoms with Crippen LogP contribution in [-0.4, -0.2) is 11.9 Å². The lowest BCUT2D eigenvalue weighted by Gasteiger charge is -2.16. The smallest absolute Gasteiger partial charge is 0.242 e. The Morgan fingerprint density at radius 2 is 1.59 bits per heavy atom. The third-order valence-corrected chi connectivity index (χ3v) is 3.66. The van der Waals surface area contributed by atoms with E-state index in [9.17, 15) is 4.79 Å². The summed E-state index contributed by atoms with van der Waals surface area (Å²) in [5.74, 6) is 0.512. The minimum absolute atomic E-state index is 0.00297. The molecule has 0 saturated heterocycles. The van der Waals surface area contributed by atoms with Gasteiger partial charge in [-0.15, -0.1) is 0 Å². The summed E-state index contributed by atoms with van der Waals surface area (Å²) in [7, 11) is 0. The van der Waals surface area contributed by atoms with Gasteiger partial charge in [0.1, 0.15) is 6.04 Å². The second kappa shape index (κ2) is 7.64. The zero-order valence-electron chi connectivity index (χ0n) is 13.5. The fraction of sp³-hybridized carbons (Fsp3) is 0.316. The highest BCUT2D eigenvalue weighted by atomic mass is 16.2. The van der Waals surface area contributed by atoms with Crippen molar-refractivity contribution in [2.24, 2.45) is 0 Å². The maximum atomic E-state index is 12.1. The van der Waals surface area contributed by atoms with Crippen LogP contribution in [0.25, 0.3) is 0 Å². The predicted molar refractivity (Wildman–Crippen MR) is 91.9 cm³/mol. The van der Waals surface area contributed by atoms with Crippen LogP contribution in [0.4, 0.5) is 5.69 Å². The van der Waals surface area contributed by atoms with Crippen LogP contribution in [0.15, 0.2) is 54.6 Å². The molecule has 0 bridgehead atoms. The van der Waals surface area contributed by atoms with E-state index in [1.54, 1.807) is 0 Å². The topological polar surface area (TPSA) is 41.1 Å². The number of hydrogen-bond donors (Lipinski definition) is 2. The summed E-state index contributed by atoms with van der Waals surface area (Å²) in [4.78, 5) is 12.1. The maximum absolute atomic E-state index is 12.1. The average Bonchev–Trinajstić information content (AvgIpc) is 2.54. The summed E-state index contributed by atoms with van der Waals surface area (Å²) in [5, 5.41) is 6.18. The molecule has 0 heterocycles. The Morgan fingerprint density at radius 3 is 2.18 bits per heavy atom. The number of anilines is 1. The Morgan fingerprint density at radius 1 is 0.955 bits per heavy atom. The highest BCUT2D eigenvalue weighted by Crippen LogP contribution is 2.17. The lowest BCUT2D eigenvalue weighted by atomic mass is 10.0. The van der Waals surface area contributed by atoms with Gasteiger partial charge < -0.3 is 10.6 Å². The van der Waals surface area contributed by atoms with Crippen LogP contribution in [0.5, 0.6) is 0 Å². The van der Waals surface area contributed by atoms with Crippen LogP contribution in [0.2, 0.25) is 0 Å². The van der Waals surface area contributed by atoms with Crippen molar-refractivity contribution in [2.75, 3.05) is 5.32 Å². The van der Waals surface area contributed by atoms with E-state index >= 15 is 0 Å². The average molecular weight is 296 g/mol. The molecule has 0 aromatic heterocycles. The van der Waals surface area contributed by atoms with Crippen molar-refractivity contribution < 1.29 is 4.79 Å². The van der Waals surface area contributed by atoms with Crippen molar-refractivity contribution >= 4 is 11.6 Å². The molecule has 116 valence electrons. The molecule has 2 aromatic rings. The molecule has 22 heavy (non-hydrogen) atoms. The van der Waals surface area contributed by atoms with Crippen molar-refractivity contribution in [2.45, 2.75) is 39.3 Å². The summed E-state index contributed by atoms with van der Waals surface area (Å²) in [5.41, 5.74) is 3.36. The van der Waals surface area contributed by atoms with Crippen molar-refractivity contribution in [3.63, 3.8) is 0 Å². The van der Waals surface area contributed by atoms with Gasteiger partial charge in [-0.1, -0.05) is 56.3 Å². The molecule has 1 amide bonds. The van der Waals surface area contributed by atoms with Gasteiger partial charge in [-0.25, -0.2) is 0 Å². The van der Waals surface area contributed by atoms with Crippen LogP contribution in [0.1, 0.15) is 37.8 Å². The van der Waals surface area contributed by atoms with Crippen LogP contribution < -0.4 is 10.6 Å². The second-order valence-corrected chi connectivity index (χ2v) is 5.85. The summed E-state index contributed by atoms with van der Waals surface area (Å²) in [6.07, 6.45) is 0. The molecular weight excluding hydrogens is 272 g/mol. The molecular formula is C19H24N2O. The largest absolute Gasteiger partial charge is 0.374 e. The van der Waals surface area contributed by atoms with Gasteiger partial charge >= 0.3 is 0 Å². The van der Waals surface area contributed by atoms with Gasteiger partial charge in [-0.2, -0.15) is 0 Å². The van der Waals surface area contributed by atoms with Gasteiger partial charge in [-0.05, 0) is 36.1 Å². The number of nitrogens with one attached hydrogen (secondary N) is 2. The summed E-state index contributed by atoms with van der Waals surface area (Å²) in [6.45, 7) is 6.76. The van der Waals surface area contributed by atoms with Crippen LogP contribution in [-0.2, 0) is 11.3 Å². The molecule has 0 fully saturated rings. The first-order valence-corrected chi connectivity index (χ1v) is 7.74. The molecule has 1 unspecified atom stereocenters. The van der Waals surface area contributed by atoms with E-state index in [-0.39, 0.29) is 11.9 Å². The zero-order chi connectivity index (χ0) is 15.9. The van der Waals surface area contributed by atoms with Crippen molar-refractivity contribution in [3.05, 3.63) is 65.7 Å². The SMILES string of the molecule is CC(Nc1ccc(C(C)C)cc1)C(=O)NCc1ccccc1. The number of carbonyl (C=O) groups is 1. The summed E-state index contributed by atoms with van der Waals surface area (Å²) in [6, 6.07) is 17.9. The number of benzene rings is 2. The maximum Gasteiger partial charge on any atom is 0.242 e. The second-order valence-electron chi connectivity index (χ2n) is 5.85. The fourth-order valence-corrected chi connectivity index (χ4v) is 2.22. The van der Waals surface area contributed by atoms with Crippen molar-refractivity contribution in [3.8, 4) is 0 Å². The normalized spacial score (nSPS) is 12.0. The molecule has 3 heteroatoms. The summed E-state index contributed by atoms with van der Waals surface area (Å²) < 4.78 is 0. The van der Waals surface area contributed by atoms with Gasteiger partial charge in [0.15, 0.2) is 0 Å². The molecule has 0 radical (unpaired) electrons. The molecule has 0 saturated carbocycles. The van der Waals surface area contributed by atoms with Crippen molar-refractivity contribution in [1.82, 2.24) is 5.32 Å². The molecule has 2 rings (SSSR count). The molecule has 0 aliphatic heterocycles. The van der Waals surface area contributed by atoms with Crippen molar-refractivity contribution in [1.29, 1.82) is 0 Å². The summed E-state index contributed by atoms with van der Waals surface area (Å²) >= 11 is 0. The van der Waals surface area contributed by atoms with Gasteiger partial charge in [0.25, 0.3) is 0 Å². The van der Waals surface area contributed by atoms with E-state index in [1.807, 2.05) is 49.4 Å². The fourth-order valence-electron chi connectivity index (χ4n) is 2.22. The van der Waals surface area contributed by atoms with E-state index in [4.69, 9.17) is 0 Å². The molecule has 3 nitrogen and oxygen atoms in total. The van der Waals surface area contributed by atoms with Crippen LogP contribution in [0.3, 0.4) is 0 Å². The Labute approximate surface area is 132 Å². The van der Waals surface area contributed by atoms with E-state index < -0.39 is 0 Å². The standard InChI is InChI=1S/C19H24N2O/c1-14(2)17-9-11-18(12-10-17)21-15(3)19(22)20-13-16-7-5-4-6-8-16/h4-12,14-15,21H,13H2,1-3H3,(H,20,22). The molecule has 0 spiro atoms. The monoisotopic (exact) mass is 296 g/mol. The predicted octanol–water partition coefficient (Wildman–Crippen LogP) is 3.93. The number of carbonyl (C=O) groups excluding carboxylic acids is 1. The van der Waals surface area contributed by atoms with Crippen LogP contribution >= 0.6 is 0 Å². The lowest BCUT2D eigenvalue weighted by Crippen LogP contribution is -2.37. The highest BCUT2D eigenvalue weighted by Gasteiger charge is 2.12. The first-order chi connectivity index (χ1) is 10.6. The van der Waals surface area contributed by atoms with E-state index in [0.29, 0.717) is 12.5 Å².